The molecule has 3 amide bonds. The molecule has 1 aromatic rings. The molecule has 1 aromatic carbocycles. The predicted molar refractivity (Wildman–Crippen MR) is 92.6 cm³/mol. The second-order valence-electron chi connectivity index (χ2n) is 6.83. The van der Waals surface area contributed by atoms with Crippen LogP contribution in [0.3, 0.4) is 0 Å². The van der Waals surface area contributed by atoms with Crippen LogP contribution in [0.1, 0.15) is 41.6 Å². The summed E-state index contributed by atoms with van der Waals surface area (Å²) in [6, 6.07) is 4.81. The van der Waals surface area contributed by atoms with E-state index in [0.29, 0.717) is 24.1 Å². The Balaban J connectivity index is 1.55. The summed E-state index contributed by atoms with van der Waals surface area (Å²) in [5, 5.41) is 14.4. The zero-order valence-electron chi connectivity index (χ0n) is 14.2. The van der Waals surface area contributed by atoms with Crippen molar-refractivity contribution in [3.8, 4) is 0 Å². The smallest absolute Gasteiger partial charge is 0.319 e. The number of aryl methyl sites for hydroxylation is 1. The van der Waals surface area contributed by atoms with Gasteiger partial charge < -0.3 is 20.6 Å². The summed E-state index contributed by atoms with van der Waals surface area (Å²) in [6.07, 6.45) is 3.03. The molecule has 2 fully saturated rings. The van der Waals surface area contributed by atoms with E-state index in [1.165, 1.54) is 0 Å². The lowest BCUT2D eigenvalue weighted by atomic mass is 9.80. The van der Waals surface area contributed by atoms with E-state index in [9.17, 15) is 14.4 Å². The molecule has 1 saturated carbocycles. The van der Waals surface area contributed by atoms with Crippen LogP contribution in [-0.4, -0.2) is 47.0 Å². The fourth-order valence-corrected chi connectivity index (χ4v) is 3.32. The minimum atomic E-state index is -0.812. The van der Waals surface area contributed by atoms with E-state index in [1.54, 1.807) is 18.2 Å². The molecule has 1 saturated heterocycles. The first-order valence-electron chi connectivity index (χ1n) is 8.64. The van der Waals surface area contributed by atoms with Gasteiger partial charge in [0.1, 0.15) is 0 Å². The number of nitrogens with one attached hydrogen (secondary N) is 2. The summed E-state index contributed by atoms with van der Waals surface area (Å²) >= 11 is 0. The Labute approximate surface area is 146 Å². The van der Waals surface area contributed by atoms with Gasteiger partial charge in [0.2, 0.25) is 0 Å². The van der Waals surface area contributed by atoms with Crippen molar-refractivity contribution in [2.45, 2.75) is 38.6 Å². The van der Waals surface area contributed by atoms with Crippen molar-refractivity contribution in [1.82, 2.24) is 10.2 Å². The third kappa shape index (κ3) is 3.92. The lowest BCUT2D eigenvalue weighted by molar-refractivity contribution is -0.145. The fourth-order valence-electron chi connectivity index (χ4n) is 3.32. The van der Waals surface area contributed by atoms with Gasteiger partial charge in [0.05, 0.1) is 5.92 Å². The lowest BCUT2D eigenvalue weighted by Crippen LogP contribution is -2.48. The molecule has 1 heterocycles. The quantitative estimate of drug-likeness (QED) is 0.779. The van der Waals surface area contributed by atoms with Crippen molar-refractivity contribution in [1.29, 1.82) is 0 Å². The van der Waals surface area contributed by atoms with Crippen LogP contribution in [0, 0.1) is 12.8 Å². The molecule has 0 aromatic heterocycles. The number of likely N-dealkylation sites (tertiary alicyclic amines) is 1. The number of rotatable bonds is 4. The number of carboxylic acid groups (broad SMARTS) is 1. The van der Waals surface area contributed by atoms with Crippen molar-refractivity contribution >= 4 is 23.6 Å². The first-order chi connectivity index (χ1) is 11.9. The van der Waals surface area contributed by atoms with Crippen LogP contribution in [0.2, 0.25) is 0 Å². The van der Waals surface area contributed by atoms with Gasteiger partial charge in [0.25, 0.3) is 5.91 Å². The molecule has 0 bridgehead atoms. The van der Waals surface area contributed by atoms with Crippen LogP contribution >= 0.6 is 0 Å². The van der Waals surface area contributed by atoms with Gasteiger partial charge in [0, 0.05) is 30.4 Å². The summed E-state index contributed by atoms with van der Waals surface area (Å²) in [4.78, 5) is 37.0. The monoisotopic (exact) mass is 345 g/mol. The molecular weight excluding hydrogens is 322 g/mol. The number of carbonyl (C=O) groups excluding carboxylic acids is 2. The van der Waals surface area contributed by atoms with E-state index in [-0.39, 0.29) is 23.9 Å². The first-order valence-corrected chi connectivity index (χ1v) is 8.64. The number of anilines is 1. The van der Waals surface area contributed by atoms with Crippen LogP contribution in [-0.2, 0) is 4.79 Å². The van der Waals surface area contributed by atoms with E-state index >= 15 is 0 Å². The highest BCUT2D eigenvalue weighted by Gasteiger charge is 2.35. The van der Waals surface area contributed by atoms with Gasteiger partial charge >= 0.3 is 12.0 Å². The molecule has 3 rings (SSSR count). The Bertz CT molecular complexity index is 692. The number of hydrogen-bond acceptors (Lipinski definition) is 3. The van der Waals surface area contributed by atoms with Crippen LogP contribution in [0.5, 0.6) is 0 Å². The van der Waals surface area contributed by atoms with Crippen molar-refractivity contribution in [3.63, 3.8) is 0 Å². The Kier molecular flexibility index (Phi) is 4.92. The molecule has 134 valence electrons. The van der Waals surface area contributed by atoms with Gasteiger partial charge in [-0.2, -0.15) is 0 Å². The molecule has 3 N–H and O–H groups in total. The summed E-state index contributed by atoms with van der Waals surface area (Å²) in [5.74, 6) is -1.14. The predicted octanol–water partition coefficient (Wildman–Crippen LogP) is 2.22. The highest BCUT2D eigenvalue weighted by Crippen LogP contribution is 2.27. The highest BCUT2D eigenvalue weighted by atomic mass is 16.4. The minimum absolute atomic E-state index is 0.0331. The van der Waals surface area contributed by atoms with E-state index in [0.717, 1.165) is 31.5 Å². The number of aliphatic carboxylic acids is 1. The molecule has 1 aliphatic heterocycles. The third-order valence-electron chi connectivity index (χ3n) is 4.94. The Morgan fingerprint density at radius 3 is 2.44 bits per heavy atom. The molecule has 1 aliphatic carbocycles. The molecule has 25 heavy (non-hydrogen) atoms. The van der Waals surface area contributed by atoms with Crippen LogP contribution in [0.4, 0.5) is 10.5 Å². The molecule has 0 radical (unpaired) electrons. The molecule has 0 atom stereocenters. The molecular formula is C18H23N3O4. The van der Waals surface area contributed by atoms with Crippen molar-refractivity contribution in [2.75, 3.05) is 18.4 Å². The normalized spacial score (nSPS) is 22.2. The number of carbonyl (C=O) groups is 3. The van der Waals surface area contributed by atoms with Crippen LogP contribution < -0.4 is 10.6 Å². The van der Waals surface area contributed by atoms with Crippen molar-refractivity contribution in [2.24, 2.45) is 5.92 Å². The van der Waals surface area contributed by atoms with Gasteiger partial charge in [-0.3, -0.25) is 9.59 Å². The standard InChI is InChI=1S/C18H23N3O4/c1-11-8-12(16(22)21-6-2-3-7-21)4-5-15(11)20-18(25)19-14-9-13(10-14)17(23)24/h4-5,8,13-14H,2-3,6-7,9-10H2,1H3,(H,23,24)(H2,19,20,25). The average Bonchev–Trinajstić information content (AvgIpc) is 3.05. The highest BCUT2D eigenvalue weighted by molar-refractivity contribution is 5.96. The average molecular weight is 345 g/mol. The Hall–Kier alpha value is -2.57. The van der Waals surface area contributed by atoms with Crippen LogP contribution in [0.15, 0.2) is 18.2 Å². The van der Waals surface area contributed by atoms with E-state index in [1.807, 2.05) is 11.8 Å². The molecule has 2 aliphatic rings. The van der Waals surface area contributed by atoms with Gasteiger partial charge in [-0.1, -0.05) is 0 Å². The van der Waals surface area contributed by atoms with Gasteiger partial charge in [0.15, 0.2) is 0 Å². The zero-order valence-corrected chi connectivity index (χ0v) is 14.2. The summed E-state index contributed by atoms with van der Waals surface area (Å²) in [7, 11) is 0. The number of hydrogen-bond donors (Lipinski definition) is 3. The number of urea groups is 1. The second-order valence-corrected chi connectivity index (χ2v) is 6.83. The lowest BCUT2D eigenvalue weighted by Gasteiger charge is -2.32. The number of carboxylic acids is 1. The molecule has 0 unspecified atom stereocenters. The SMILES string of the molecule is Cc1cc(C(=O)N2CCCC2)ccc1NC(=O)NC1CC(C(=O)O)C1. The summed E-state index contributed by atoms with van der Waals surface area (Å²) < 4.78 is 0. The third-order valence-corrected chi connectivity index (χ3v) is 4.94. The largest absolute Gasteiger partial charge is 0.481 e. The maximum atomic E-state index is 12.4. The topological polar surface area (TPSA) is 98.7 Å². The van der Waals surface area contributed by atoms with Gasteiger partial charge in [-0.15, -0.1) is 0 Å². The fraction of sp³-hybridized carbons (Fsp3) is 0.500. The Morgan fingerprint density at radius 2 is 1.84 bits per heavy atom. The number of benzene rings is 1. The number of amides is 3. The zero-order chi connectivity index (χ0) is 18.0. The summed E-state index contributed by atoms with van der Waals surface area (Å²) in [6.45, 7) is 3.46. The molecule has 7 heteroatoms. The van der Waals surface area contributed by atoms with Crippen molar-refractivity contribution in [3.05, 3.63) is 29.3 Å². The van der Waals surface area contributed by atoms with Gasteiger partial charge in [-0.25, -0.2) is 4.79 Å². The molecule has 0 spiro atoms. The summed E-state index contributed by atoms with van der Waals surface area (Å²) in [5.41, 5.74) is 2.09. The van der Waals surface area contributed by atoms with E-state index in [4.69, 9.17) is 5.11 Å². The first kappa shape index (κ1) is 17.3. The van der Waals surface area contributed by atoms with Crippen LogP contribution in [0.25, 0.3) is 0 Å². The van der Waals surface area contributed by atoms with E-state index < -0.39 is 5.97 Å². The minimum Gasteiger partial charge on any atom is -0.481 e. The van der Waals surface area contributed by atoms with E-state index in [2.05, 4.69) is 10.6 Å². The number of nitrogens with zero attached hydrogens (tertiary/aromatic N) is 1. The Morgan fingerprint density at radius 1 is 1.16 bits per heavy atom. The molecule has 7 nitrogen and oxygen atoms in total. The van der Waals surface area contributed by atoms with Gasteiger partial charge in [-0.05, 0) is 56.4 Å². The van der Waals surface area contributed by atoms with Crippen molar-refractivity contribution < 1.29 is 19.5 Å². The maximum Gasteiger partial charge on any atom is 0.319 e. The second kappa shape index (κ2) is 7.13. The maximum absolute atomic E-state index is 12.4.